The van der Waals surface area contributed by atoms with Crippen LogP contribution >= 0.6 is 0 Å². The van der Waals surface area contributed by atoms with Crippen molar-refractivity contribution in [1.82, 2.24) is 4.98 Å². The summed E-state index contributed by atoms with van der Waals surface area (Å²) < 4.78 is 0. The van der Waals surface area contributed by atoms with Crippen LogP contribution in [0.2, 0.25) is 0 Å². The van der Waals surface area contributed by atoms with E-state index in [1.807, 2.05) is 43.3 Å². The second kappa shape index (κ2) is 6.82. The molecule has 0 unspecified atom stereocenters. The molecule has 1 aromatic carbocycles. The molecule has 4 nitrogen and oxygen atoms in total. The van der Waals surface area contributed by atoms with Gasteiger partial charge in [-0.25, -0.2) is 0 Å². The van der Waals surface area contributed by atoms with Gasteiger partial charge in [0.2, 0.25) is 0 Å². The zero-order valence-corrected chi connectivity index (χ0v) is 11.6. The lowest BCUT2D eigenvalue weighted by Gasteiger charge is -2.21. The van der Waals surface area contributed by atoms with E-state index in [2.05, 4.69) is 4.98 Å². The largest absolute Gasteiger partial charge is 0.330 e. The van der Waals surface area contributed by atoms with E-state index in [0.29, 0.717) is 18.7 Å². The van der Waals surface area contributed by atoms with E-state index in [9.17, 15) is 4.79 Å². The van der Waals surface area contributed by atoms with Gasteiger partial charge >= 0.3 is 0 Å². The standard InChI is InChI=1S/C16H19N3O/c1-2-19(15-8-11-18-12-9-15)16(20)14-5-3-13(4-6-14)7-10-17/h3-6,8-9,11-12H,2,7,10,17H2,1H3. The lowest BCUT2D eigenvalue weighted by Crippen LogP contribution is -2.30. The minimum atomic E-state index is -0.00185. The summed E-state index contributed by atoms with van der Waals surface area (Å²) in [5.74, 6) is -0.00185. The van der Waals surface area contributed by atoms with Crippen LogP contribution < -0.4 is 10.6 Å². The summed E-state index contributed by atoms with van der Waals surface area (Å²) >= 11 is 0. The number of rotatable bonds is 5. The number of aromatic nitrogens is 1. The van der Waals surface area contributed by atoms with Crippen molar-refractivity contribution in [3.63, 3.8) is 0 Å². The Hall–Kier alpha value is -2.20. The normalized spacial score (nSPS) is 10.3. The first kappa shape index (κ1) is 14.2. The molecular formula is C16H19N3O. The molecule has 20 heavy (non-hydrogen) atoms. The number of carbonyl (C=O) groups excluding carboxylic acids is 1. The first-order valence-electron chi connectivity index (χ1n) is 6.77. The predicted molar refractivity (Wildman–Crippen MR) is 80.8 cm³/mol. The molecule has 2 rings (SSSR count). The Morgan fingerprint density at radius 2 is 1.80 bits per heavy atom. The molecule has 0 spiro atoms. The molecule has 2 aromatic rings. The lowest BCUT2D eigenvalue weighted by atomic mass is 10.1. The third-order valence-corrected chi connectivity index (χ3v) is 3.17. The number of hydrogen-bond acceptors (Lipinski definition) is 3. The molecule has 1 heterocycles. The number of carbonyl (C=O) groups is 1. The maximum Gasteiger partial charge on any atom is 0.258 e. The van der Waals surface area contributed by atoms with E-state index in [0.717, 1.165) is 17.7 Å². The van der Waals surface area contributed by atoms with Gasteiger partial charge in [-0.05, 0) is 49.7 Å². The zero-order valence-electron chi connectivity index (χ0n) is 11.6. The Morgan fingerprint density at radius 1 is 1.15 bits per heavy atom. The summed E-state index contributed by atoms with van der Waals surface area (Å²) in [6, 6.07) is 11.3. The molecule has 0 radical (unpaired) electrons. The van der Waals surface area contributed by atoms with Crippen LogP contribution in [0.5, 0.6) is 0 Å². The average Bonchev–Trinajstić information content (AvgIpc) is 2.50. The van der Waals surface area contributed by atoms with Gasteiger partial charge in [0.25, 0.3) is 5.91 Å². The topological polar surface area (TPSA) is 59.2 Å². The highest BCUT2D eigenvalue weighted by molar-refractivity contribution is 6.06. The fraction of sp³-hybridized carbons (Fsp3) is 0.250. The molecule has 4 heteroatoms. The summed E-state index contributed by atoms with van der Waals surface area (Å²) in [6.45, 7) is 3.19. The smallest absolute Gasteiger partial charge is 0.258 e. The highest BCUT2D eigenvalue weighted by atomic mass is 16.2. The fourth-order valence-electron chi connectivity index (χ4n) is 2.10. The third kappa shape index (κ3) is 3.22. The van der Waals surface area contributed by atoms with Crippen LogP contribution in [0.1, 0.15) is 22.8 Å². The van der Waals surface area contributed by atoms with E-state index >= 15 is 0 Å². The number of amides is 1. The van der Waals surface area contributed by atoms with Crippen molar-refractivity contribution < 1.29 is 4.79 Å². The molecule has 1 amide bonds. The van der Waals surface area contributed by atoms with Crippen LogP contribution in [0, 0.1) is 0 Å². The van der Waals surface area contributed by atoms with Crippen LogP contribution in [-0.4, -0.2) is 24.0 Å². The van der Waals surface area contributed by atoms with Crippen LogP contribution in [0.15, 0.2) is 48.8 Å². The molecule has 0 saturated carbocycles. The first-order valence-corrected chi connectivity index (χ1v) is 6.77. The van der Waals surface area contributed by atoms with Crippen LogP contribution in [0.4, 0.5) is 5.69 Å². The van der Waals surface area contributed by atoms with E-state index < -0.39 is 0 Å². The number of anilines is 1. The van der Waals surface area contributed by atoms with Gasteiger partial charge in [-0.1, -0.05) is 12.1 Å². The molecule has 0 aliphatic rings. The average molecular weight is 269 g/mol. The Labute approximate surface area is 119 Å². The van der Waals surface area contributed by atoms with Crippen molar-refractivity contribution in [1.29, 1.82) is 0 Å². The fourth-order valence-corrected chi connectivity index (χ4v) is 2.10. The molecule has 0 aliphatic heterocycles. The summed E-state index contributed by atoms with van der Waals surface area (Å²) in [5.41, 5.74) is 8.22. The Bertz CT molecular complexity index is 552. The van der Waals surface area contributed by atoms with Gasteiger partial charge < -0.3 is 10.6 Å². The molecule has 0 bridgehead atoms. The minimum absolute atomic E-state index is 0.00185. The molecule has 2 N–H and O–H groups in total. The summed E-state index contributed by atoms with van der Waals surface area (Å²) in [4.78, 5) is 18.2. The SMILES string of the molecule is CCN(C(=O)c1ccc(CCN)cc1)c1ccncc1. The van der Waals surface area contributed by atoms with Gasteiger partial charge in [0.05, 0.1) is 0 Å². The molecule has 0 fully saturated rings. The van der Waals surface area contributed by atoms with E-state index in [1.165, 1.54) is 0 Å². The van der Waals surface area contributed by atoms with Gasteiger partial charge in [-0.3, -0.25) is 9.78 Å². The van der Waals surface area contributed by atoms with Gasteiger partial charge in [0.15, 0.2) is 0 Å². The van der Waals surface area contributed by atoms with Crippen LogP contribution in [0.25, 0.3) is 0 Å². The molecule has 104 valence electrons. The van der Waals surface area contributed by atoms with Crippen molar-refractivity contribution >= 4 is 11.6 Å². The van der Waals surface area contributed by atoms with E-state index in [-0.39, 0.29) is 5.91 Å². The molecule has 0 atom stereocenters. The van der Waals surface area contributed by atoms with Crippen molar-refractivity contribution in [2.75, 3.05) is 18.0 Å². The van der Waals surface area contributed by atoms with Crippen molar-refractivity contribution in [2.24, 2.45) is 5.73 Å². The second-order valence-corrected chi connectivity index (χ2v) is 4.49. The maximum atomic E-state index is 12.5. The first-order chi connectivity index (χ1) is 9.76. The Kier molecular flexibility index (Phi) is 4.85. The minimum Gasteiger partial charge on any atom is -0.330 e. The van der Waals surface area contributed by atoms with Gasteiger partial charge in [0.1, 0.15) is 0 Å². The van der Waals surface area contributed by atoms with E-state index in [1.54, 1.807) is 17.3 Å². The molecular weight excluding hydrogens is 250 g/mol. The van der Waals surface area contributed by atoms with E-state index in [4.69, 9.17) is 5.73 Å². The number of benzene rings is 1. The van der Waals surface area contributed by atoms with Crippen molar-refractivity contribution in [3.8, 4) is 0 Å². The van der Waals surface area contributed by atoms with Gasteiger partial charge in [0, 0.05) is 30.2 Å². The molecule has 0 aliphatic carbocycles. The molecule has 1 aromatic heterocycles. The van der Waals surface area contributed by atoms with Gasteiger partial charge in [-0.15, -0.1) is 0 Å². The lowest BCUT2D eigenvalue weighted by molar-refractivity contribution is 0.0988. The van der Waals surface area contributed by atoms with Gasteiger partial charge in [-0.2, -0.15) is 0 Å². The number of pyridine rings is 1. The predicted octanol–water partition coefficient (Wildman–Crippen LogP) is 2.25. The molecule has 0 saturated heterocycles. The maximum absolute atomic E-state index is 12.5. The summed E-state index contributed by atoms with van der Waals surface area (Å²) in [6.07, 6.45) is 4.21. The van der Waals surface area contributed by atoms with Crippen molar-refractivity contribution in [2.45, 2.75) is 13.3 Å². The van der Waals surface area contributed by atoms with Crippen LogP contribution in [-0.2, 0) is 6.42 Å². The Morgan fingerprint density at radius 3 is 2.35 bits per heavy atom. The number of nitrogens with two attached hydrogens (primary N) is 1. The summed E-state index contributed by atoms with van der Waals surface area (Å²) in [7, 11) is 0. The van der Waals surface area contributed by atoms with Crippen LogP contribution in [0.3, 0.4) is 0 Å². The monoisotopic (exact) mass is 269 g/mol. The summed E-state index contributed by atoms with van der Waals surface area (Å²) in [5, 5.41) is 0. The quantitative estimate of drug-likeness (QED) is 0.905. The highest BCUT2D eigenvalue weighted by Gasteiger charge is 2.15. The van der Waals surface area contributed by atoms with Crippen molar-refractivity contribution in [3.05, 3.63) is 59.9 Å². The highest BCUT2D eigenvalue weighted by Crippen LogP contribution is 2.16. The zero-order chi connectivity index (χ0) is 14.4. The number of hydrogen-bond donors (Lipinski definition) is 1. The Balaban J connectivity index is 2.20. The second-order valence-electron chi connectivity index (χ2n) is 4.49. The third-order valence-electron chi connectivity index (χ3n) is 3.17. The number of nitrogens with zero attached hydrogens (tertiary/aromatic N) is 2.